The maximum Gasteiger partial charge on any atom is 0.154 e. The number of aromatic hydroxyl groups is 1. The molecule has 0 saturated carbocycles. The number of rotatable bonds is 2. The summed E-state index contributed by atoms with van der Waals surface area (Å²) < 4.78 is 9.72. The fourth-order valence-corrected chi connectivity index (χ4v) is 5.51. The number of hydrogen-bond acceptors (Lipinski definition) is 2. The number of ether oxygens (including phenoxy) is 1. The standard InChI is InChI=1S/C13H8I4O2.C2H6/c1-6-2-10(16)13(11(17)3-6)19-7-4-8(14)12(18)9(15)5-7;1-2/h2-5,18H,1H3;1-2H3. The van der Waals surface area contributed by atoms with E-state index in [1.54, 1.807) is 0 Å². The molecule has 114 valence electrons. The summed E-state index contributed by atoms with van der Waals surface area (Å²) in [6.07, 6.45) is 0. The molecule has 0 amide bonds. The first-order chi connectivity index (χ1) is 9.88. The third-order valence-corrected chi connectivity index (χ3v) is 5.60. The van der Waals surface area contributed by atoms with Crippen molar-refractivity contribution < 1.29 is 9.84 Å². The first kappa shape index (κ1) is 20.0. The Labute approximate surface area is 180 Å². The number of benzene rings is 2. The molecule has 2 rings (SSSR count). The first-order valence-electron chi connectivity index (χ1n) is 6.20. The van der Waals surface area contributed by atoms with E-state index in [0.29, 0.717) is 5.75 Å². The monoisotopic (exact) mass is 734 g/mol. The van der Waals surface area contributed by atoms with Gasteiger partial charge in [0.15, 0.2) is 5.75 Å². The van der Waals surface area contributed by atoms with Crippen LogP contribution >= 0.6 is 90.4 Å². The van der Waals surface area contributed by atoms with Crippen molar-refractivity contribution >= 4 is 90.4 Å². The average Bonchev–Trinajstić information content (AvgIpc) is 2.42. The number of halogens is 4. The molecular formula is C15H14I4O2. The van der Waals surface area contributed by atoms with E-state index < -0.39 is 0 Å². The summed E-state index contributed by atoms with van der Waals surface area (Å²) >= 11 is 8.76. The van der Waals surface area contributed by atoms with Gasteiger partial charge in [0.1, 0.15) is 11.5 Å². The normalized spacial score (nSPS) is 9.86. The van der Waals surface area contributed by atoms with Gasteiger partial charge in [-0.1, -0.05) is 13.8 Å². The van der Waals surface area contributed by atoms with Gasteiger partial charge in [-0.25, -0.2) is 0 Å². The maximum absolute atomic E-state index is 9.77. The molecule has 21 heavy (non-hydrogen) atoms. The lowest BCUT2D eigenvalue weighted by Crippen LogP contribution is -1.93. The van der Waals surface area contributed by atoms with E-state index >= 15 is 0 Å². The van der Waals surface area contributed by atoms with Gasteiger partial charge >= 0.3 is 0 Å². The molecule has 2 aromatic carbocycles. The van der Waals surface area contributed by atoms with Gasteiger partial charge < -0.3 is 9.84 Å². The third kappa shape index (κ3) is 5.52. The molecule has 0 aliphatic carbocycles. The van der Waals surface area contributed by atoms with E-state index in [2.05, 4.69) is 109 Å². The number of phenols is 1. The van der Waals surface area contributed by atoms with Crippen molar-refractivity contribution in [2.45, 2.75) is 20.8 Å². The largest absolute Gasteiger partial charge is 0.506 e. The zero-order valence-electron chi connectivity index (χ0n) is 11.7. The van der Waals surface area contributed by atoms with Crippen LogP contribution in [0.5, 0.6) is 17.2 Å². The van der Waals surface area contributed by atoms with Gasteiger partial charge in [0.2, 0.25) is 0 Å². The van der Waals surface area contributed by atoms with E-state index in [1.165, 1.54) is 5.56 Å². The summed E-state index contributed by atoms with van der Waals surface area (Å²) in [6.45, 7) is 6.07. The molecule has 0 saturated heterocycles. The summed E-state index contributed by atoms with van der Waals surface area (Å²) in [4.78, 5) is 0. The van der Waals surface area contributed by atoms with E-state index in [4.69, 9.17) is 4.74 Å². The molecule has 0 aromatic heterocycles. The van der Waals surface area contributed by atoms with Gasteiger partial charge in [-0.15, -0.1) is 0 Å². The Bertz CT molecular complexity index is 596. The molecule has 1 N–H and O–H groups in total. The molecule has 0 aliphatic heterocycles. The zero-order chi connectivity index (χ0) is 16.2. The SMILES string of the molecule is CC.Cc1cc(I)c(Oc2cc(I)c(O)c(I)c2)c(I)c1. The fraction of sp³-hybridized carbons (Fsp3) is 0.200. The predicted octanol–water partition coefficient (Wildman–Crippen LogP) is 6.94. The Morgan fingerprint density at radius 2 is 1.24 bits per heavy atom. The van der Waals surface area contributed by atoms with Crippen LogP contribution in [0.1, 0.15) is 19.4 Å². The van der Waals surface area contributed by atoms with E-state index in [0.717, 1.165) is 25.8 Å². The van der Waals surface area contributed by atoms with Crippen molar-refractivity contribution in [2.24, 2.45) is 0 Å². The Balaban J connectivity index is 0.00000106. The van der Waals surface area contributed by atoms with E-state index in [-0.39, 0.29) is 0 Å². The maximum atomic E-state index is 9.77. The van der Waals surface area contributed by atoms with Gasteiger partial charge in [0, 0.05) is 0 Å². The van der Waals surface area contributed by atoms with Crippen LogP contribution in [0.15, 0.2) is 24.3 Å². The summed E-state index contributed by atoms with van der Waals surface area (Å²) in [5.74, 6) is 1.91. The minimum atomic E-state index is 0.307. The summed E-state index contributed by atoms with van der Waals surface area (Å²) in [5, 5.41) is 9.77. The quantitative estimate of drug-likeness (QED) is 0.340. The number of hydrogen-bond donors (Lipinski definition) is 1. The van der Waals surface area contributed by atoms with Crippen molar-refractivity contribution in [1.29, 1.82) is 0 Å². The van der Waals surface area contributed by atoms with Crippen LogP contribution in [-0.4, -0.2) is 5.11 Å². The molecule has 0 aliphatic rings. The summed E-state index contributed by atoms with van der Waals surface area (Å²) in [7, 11) is 0. The highest BCUT2D eigenvalue weighted by atomic mass is 127. The molecule has 0 bridgehead atoms. The zero-order valence-corrected chi connectivity index (χ0v) is 20.3. The van der Waals surface area contributed by atoms with Crippen molar-refractivity contribution in [2.75, 3.05) is 0 Å². The molecule has 0 heterocycles. The minimum absolute atomic E-state index is 0.307. The molecule has 6 heteroatoms. The molecule has 0 spiro atoms. The van der Waals surface area contributed by atoms with Crippen LogP contribution in [0.4, 0.5) is 0 Å². The van der Waals surface area contributed by atoms with Crippen LogP contribution in [0, 0.1) is 21.2 Å². The van der Waals surface area contributed by atoms with Gasteiger partial charge in [0.25, 0.3) is 0 Å². The minimum Gasteiger partial charge on any atom is -0.506 e. The Morgan fingerprint density at radius 1 is 0.810 bits per heavy atom. The lowest BCUT2D eigenvalue weighted by atomic mass is 10.2. The predicted molar refractivity (Wildman–Crippen MR) is 122 cm³/mol. The second kappa shape index (κ2) is 9.30. The van der Waals surface area contributed by atoms with E-state index in [1.807, 2.05) is 26.0 Å². The molecular weight excluding hydrogens is 720 g/mol. The third-order valence-electron chi connectivity index (χ3n) is 2.35. The fourth-order valence-electron chi connectivity index (χ4n) is 1.50. The summed E-state index contributed by atoms with van der Waals surface area (Å²) in [6, 6.07) is 7.86. The average molecular weight is 734 g/mol. The highest BCUT2D eigenvalue weighted by Gasteiger charge is 2.12. The molecule has 0 radical (unpaired) electrons. The van der Waals surface area contributed by atoms with Gasteiger partial charge in [-0.3, -0.25) is 0 Å². The van der Waals surface area contributed by atoms with Crippen LogP contribution in [0.2, 0.25) is 0 Å². The highest BCUT2D eigenvalue weighted by molar-refractivity contribution is 14.1. The first-order valence-corrected chi connectivity index (χ1v) is 10.5. The molecule has 0 unspecified atom stereocenters. The van der Waals surface area contributed by atoms with Crippen molar-refractivity contribution in [1.82, 2.24) is 0 Å². The second-order valence-corrected chi connectivity index (χ2v) is 8.54. The summed E-state index contributed by atoms with van der Waals surface area (Å²) in [5.41, 5.74) is 1.22. The Kier molecular flexibility index (Phi) is 8.86. The van der Waals surface area contributed by atoms with Crippen LogP contribution < -0.4 is 4.74 Å². The second-order valence-electron chi connectivity index (χ2n) is 3.90. The molecule has 2 nitrogen and oxygen atoms in total. The van der Waals surface area contributed by atoms with Crippen molar-refractivity contribution in [3.63, 3.8) is 0 Å². The van der Waals surface area contributed by atoms with Gasteiger partial charge in [-0.2, -0.15) is 0 Å². The van der Waals surface area contributed by atoms with Gasteiger partial charge in [0.05, 0.1) is 14.3 Å². The lowest BCUT2D eigenvalue weighted by Gasteiger charge is -2.12. The highest BCUT2D eigenvalue weighted by Crippen LogP contribution is 2.36. The number of aryl methyl sites for hydroxylation is 1. The van der Waals surface area contributed by atoms with Gasteiger partial charge in [-0.05, 0) is 127 Å². The molecule has 0 fully saturated rings. The lowest BCUT2D eigenvalue weighted by molar-refractivity contribution is 0.455. The molecule has 2 aromatic rings. The smallest absolute Gasteiger partial charge is 0.154 e. The van der Waals surface area contributed by atoms with Crippen LogP contribution in [0.25, 0.3) is 0 Å². The Morgan fingerprint density at radius 3 is 1.67 bits per heavy atom. The molecule has 0 atom stereocenters. The van der Waals surface area contributed by atoms with Crippen molar-refractivity contribution in [3.8, 4) is 17.2 Å². The number of phenolic OH excluding ortho intramolecular Hbond substituents is 1. The van der Waals surface area contributed by atoms with E-state index in [9.17, 15) is 5.11 Å². The Hall–Kier alpha value is 0.960. The topological polar surface area (TPSA) is 29.5 Å². The van der Waals surface area contributed by atoms with Crippen molar-refractivity contribution in [3.05, 3.63) is 44.1 Å². The van der Waals surface area contributed by atoms with Crippen LogP contribution in [0.3, 0.4) is 0 Å². The van der Waals surface area contributed by atoms with Crippen LogP contribution in [-0.2, 0) is 0 Å².